The first-order valence-corrected chi connectivity index (χ1v) is 5.14. The van der Waals surface area contributed by atoms with E-state index in [1.165, 1.54) is 0 Å². The molecular formula is C13H18O2. The van der Waals surface area contributed by atoms with E-state index in [9.17, 15) is 0 Å². The molecule has 0 saturated heterocycles. The summed E-state index contributed by atoms with van der Waals surface area (Å²) >= 11 is 0. The molecule has 82 valence electrons. The first-order valence-electron chi connectivity index (χ1n) is 5.14. The molecule has 0 N–H and O–H groups in total. The molecule has 0 aliphatic carbocycles. The predicted octanol–water partition coefficient (Wildman–Crippen LogP) is 3.35. The molecule has 0 fully saturated rings. The third-order valence-electron chi connectivity index (χ3n) is 1.82. The van der Waals surface area contributed by atoms with E-state index in [4.69, 9.17) is 9.47 Å². The van der Waals surface area contributed by atoms with Crippen LogP contribution in [-0.4, -0.2) is 12.7 Å². The van der Waals surface area contributed by atoms with E-state index in [-0.39, 0.29) is 6.10 Å². The Morgan fingerprint density at radius 2 is 2.07 bits per heavy atom. The number of rotatable bonds is 5. The molecule has 0 bridgehead atoms. The van der Waals surface area contributed by atoms with Crippen molar-refractivity contribution in [2.45, 2.75) is 26.9 Å². The lowest BCUT2D eigenvalue weighted by atomic mass is 10.2. The first-order chi connectivity index (χ1) is 7.13. The topological polar surface area (TPSA) is 18.5 Å². The summed E-state index contributed by atoms with van der Waals surface area (Å²) in [4.78, 5) is 0. The predicted molar refractivity (Wildman–Crippen MR) is 62.6 cm³/mol. The van der Waals surface area contributed by atoms with Crippen LogP contribution < -0.4 is 9.47 Å². The number of hydrogen-bond donors (Lipinski definition) is 0. The molecule has 1 aromatic rings. The quantitative estimate of drug-likeness (QED) is 0.688. The Morgan fingerprint density at radius 1 is 1.33 bits per heavy atom. The van der Waals surface area contributed by atoms with Gasteiger partial charge in [0.05, 0.1) is 6.10 Å². The third kappa shape index (κ3) is 3.66. The highest BCUT2D eigenvalue weighted by Crippen LogP contribution is 2.29. The monoisotopic (exact) mass is 206 g/mol. The van der Waals surface area contributed by atoms with Crippen LogP contribution in [0.4, 0.5) is 0 Å². The lowest BCUT2D eigenvalue weighted by Crippen LogP contribution is -2.07. The van der Waals surface area contributed by atoms with Crippen molar-refractivity contribution in [1.29, 1.82) is 0 Å². The average molecular weight is 206 g/mol. The van der Waals surface area contributed by atoms with Crippen LogP contribution in [0.3, 0.4) is 0 Å². The Labute approximate surface area is 91.5 Å². The maximum atomic E-state index is 5.64. The van der Waals surface area contributed by atoms with Crippen molar-refractivity contribution in [2.75, 3.05) is 6.61 Å². The highest BCUT2D eigenvalue weighted by atomic mass is 16.5. The van der Waals surface area contributed by atoms with Crippen LogP contribution in [-0.2, 0) is 0 Å². The molecule has 0 aliphatic heterocycles. The van der Waals surface area contributed by atoms with Gasteiger partial charge in [-0.1, -0.05) is 18.7 Å². The normalized spacial score (nSPS) is 10.1. The molecule has 0 spiro atoms. The summed E-state index contributed by atoms with van der Waals surface area (Å²) in [5.41, 5.74) is 1.16. The van der Waals surface area contributed by atoms with Gasteiger partial charge in [-0.3, -0.25) is 0 Å². The fourth-order valence-corrected chi connectivity index (χ4v) is 1.23. The molecule has 15 heavy (non-hydrogen) atoms. The second-order valence-corrected chi connectivity index (χ2v) is 3.72. The number of ether oxygens (including phenoxy) is 2. The van der Waals surface area contributed by atoms with Gasteiger partial charge in [-0.05, 0) is 38.5 Å². The van der Waals surface area contributed by atoms with Crippen molar-refractivity contribution >= 4 is 0 Å². The lowest BCUT2D eigenvalue weighted by Gasteiger charge is -2.14. The maximum absolute atomic E-state index is 5.64. The zero-order chi connectivity index (χ0) is 11.3. The Hall–Kier alpha value is -1.44. The molecule has 0 saturated carbocycles. The highest BCUT2D eigenvalue weighted by Gasteiger charge is 2.06. The Balaban J connectivity index is 2.86. The van der Waals surface area contributed by atoms with Gasteiger partial charge in [0.15, 0.2) is 11.5 Å². The van der Waals surface area contributed by atoms with Gasteiger partial charge >= 0.3 is 0 Å². The molecule has 2 nitrogen and oxygen atoms in total. The average Bonchev–Trinajstić information content (AvgIpc) is 2.18. The molecule has 0 radical (unpaired) electrons. The van der Waals surface area contributed by atoms with E-state index in [1.807, 2.05) is 39.0 Å². The molecule has 1 aromatic carbocycles. The van der Waals surface area contributed by atoms with E-state index < -0.39 is 0 Å². The maximum Gasteiger partial charge on any atom is 0.161 e. The van der Waals surface area contributed by atoms with E-state index in [0.717, 1.165) is 17.1 Å². The summed E-state index contributed by atoms with van der Waals surface area (Å²) in [6, 6.07) is 5.92. The molecule has 0 aliphatic rings. The van der Waals surface area contributed by atoms with Crippen LogP contribution in [0.25, 0.3) is 0 Å². The van der Waals surface area contributed by atoms with Gasteiger partial charge < -0.3 is 9.47 Å². The molecule has 1 rings (SSSR count). The number of benzene rings is 1. The summed E-state index contributed by atoms with van der Waals surface area (Å²) in [6.45, 7) is 10.1. The summed E-state index contributed by atoms with van der Waals surface area (Å²) in [6.07, 6.45) is 1.88. The van der Waals surface area contributed by atoms with Gasteiger partial charge in [0.1, 0.15) is 6.61 Å². The largest absolute Gasteiger partial charge is 0.487 e. The second kappa shape index (κ2) is 5.44. The Kier molecular flexibility index (Phi) is 4.22. The van der Waals surface area contributed by atoms with Crippen LogP contribution in [0.15, 0.2) is 30.9 Å². The first kappa shape index (κ1) is 11.6. The van der Waals surface area contributed by atoms with Crippen molar-refractivity contribution in [3.8, 4) is 11.5 Å². The van der Waals surface area contributed by atoms with Gasteiger partial charge in [-0.2, -0.15) is 0 Å². The fourth-order valence-electron chi connectivity index (χ4n) is 1.23. The van der Waals surface area contributed by atoms with Crippen LogP contribution in [0.2, 0.25) is 0 Å². The summed E-state index contributed by atoms with van der Waals surface area (Å²) in [5.74, 6) is 1.57. The number of hydrogen-bond acceptors (Lipinski definition) is 2. The third-order valence-corrected chi connectivity index (χ3v) is 1.82. The fraction of sp³-hybridized carbons (Fsp3) is 0.385. The van der Waals surface area contributed by atoms with Crippen molar-refractivity contribution in [2.24, 2.45) is 0 Å². The minimum absolute atomic E-state index is 0.152. The Morgan fingerprint density at radius 3 is 2.67 bits per heavy atom. The lowest BCUT2D eigenvalue weighted by molar-refractivity contribution is 0.226. The van der Waals surface area contributed by atoms with Gasteiger partial charge in [-0.25, -0.2) is 0 Å². The highest BCUT2D eigenvalue weighted by molar-refractivity contribution is 5.42. The molecule has 0 heterocycles. The summed E-state index contributed by atoms with van der Waals surface area (Å²) < 4.78 is 11.2. The van der Waals surface area contributed by atoms with Gasteiger partial charge in [0.2, 0.25) is 0 Å². The van der Waals surface area contributed by atoms with Crippen molar-refractivity contribution < 1.29 is 9.47 Å². The van der Waals surface area contributed by atoms with Crippen LogP contribution in [0, 0.1) is 6.92 Å². The summed E-state index contributed by atoms with van der Waals surface area (Å²) in [5, 5.41) is 0. The SMILES string of the molecule is C=CCOc1cc(C)ccc1OC(C)C. The second-order valence-electron chi connectivity index (χ2n) is 3.72. The smallest absolute Gasteiger partial charge is 0.161 e. The minimum Gasteiger partial charge on any atom is -0.487 e. The molecule has 0 atom stereocenters. The van der Waals surface area contributed by atoms with Gasteiger partial charge in [0.25, 0.3) is 0 Å². The number of aryl methyl sites for hydroxylation is 1. The van der Waals surface area contributed by atoms with Gasteiger partial charge in [0, 0.05) is 0 Å². The zero-order valence-electron chi connectivity index (χ0n) is 9.62. The minimum atomic E-state index is 0.152. The van der Waals surface area contributed by atoms with Crippen molar-refractivity contribution in [3.05, 3.63) is 36.4 Å². The molecule has 0 unspecified atom stereocenters. The zero-order valence-corrected chi connectivity index (χ0v) is 9.62. The molecule has 0 aromatic heterocycles. The molecule has 2 heteroatoms. The van der Waals surface area contributed by atoms with Crippen LogP contribution >= 0.6 is 0 Å². The van der Waals surface area contributed by atoms with Crippen LogP contribution in [0.1, 0.15) is 19.4 Å². The summed E-state index contributed by atoms with van der Waals surface area (Å²) in [7, 11) is 0. The van der Waals surface area contributed by atoms with Crippen molar-refractivity contribution in [1.82, 2.24) is 0 Å². The Bertz CT molecular complexity index is 329. The van der Waals surface area contributed by atoms with Gasteiger partial charge in [-0.15, -0.1) is 0 Å². The molecular weight excluding hydrogens is 188 g/mol. The van der Waals surface area contributed by atoms with E-state index in [1.54, 1.807) is 6.08 Å². The van der Waals surface area contributed by atoms with Crippen LogP contribution in [0.5, 0.6) is 11.5 Å². The van der Waals surface area contributed by atoms with Crippen molar-refractivity contribution in [3.63, 3.8) is 0 Å². The van der Waals surface area contributed by atoms with E-state index in [0.29, 0.717) is 6.61 Å². The standard InChI is InChI=1S/C13H18O2/c1-5-8-14-13-9-11(4)6-7-12(13)15-10(2)3/h5-7,9-10H,1,8H2,2-4H3. The van der Waals surface area contributed by atoms with E-state index in [2.05, 4.69) is 6.58 Å². The van der Waals surface area contributed by atoms with E-state index >= 15 is 0 Å². The molecule has 0 amide bonds.